The summed E-state index contributed by atoms with van der Waals surface area (Å²) in [5.41, 5.74) is 1.30. The lowest BCUT2D eigenvalue weighted by molar-refractivity contribution is -0.119. The molecule has 0 N–H and O–H groups in total. The summed E-state index contributed by atoms with van der Waals surface area (Å²) < 4.78 is 19.9. The van der Waals surface area contributed by atoms with Crippen LogP contribution in [-0.4, -0.2) is 38.8 Å². The number of hydrogen-bond acceptors (Lipinski definition) is 3. The van der Waals surface area contributed by atoms with E-state index < -0.39 is 0 Å². The summed E-state index contributed by atoms with van der Waals surface area (Å²) in [6, 6.07) is 5.57. The van der Waals surface area contributed by atoms with Crippen LogP contribution in [0.25, 0.3) is 0 Å². The number of rotatable bonds is 4. The molecule has 3 rings (SSSR count). The zero-order valence-corrected chi connectivity index (χ0v) is 13.8. The molecule has 5 heteroatoms. The van der Waals surface area contributed by atoms with Gasteiger partial charge in [0.15, 0.2) is 0 Å². The minimum absolute atomic E-state index is 0.0260. The van der Waals surface area contributed by atoms with Crippen molar-refractivity contribution in [1.29, 1.82) is 0 Å². The third-order valence-electron chi connectivity index (χ3n) is 4.86. The number of methoxy groups -OCH3 is 1. The second kappa shape index (κ2) is 7.30. The largest absolute Gasteiger partial charge is 0.383 e. The molecule has 0 bridgehead atoms. The van der Waals surface area contributed by atoms with Crippen molar-refractivity contribution < 1.29 is 13.9 Å². The van der Waals surface area contributed by atoms with E-state index in [1.165, 1.54) is 6.42 Å². The van der Waals surface area contributed by atoms with Crippen molar-refractivity contribution in [2.24, 2.45) is 0 Å². The number of nitrogens with zero attached hydrogens (tertiary/aromatic N) is 2. The van der Waals surface area contributed by atoms with Crippen molar-refractivity contribution in [1.82, 2.24) is 0 Å². The van der Waals surface area contributed by atoms with Gasteiger partial charge in [0, 0.05) is 32.3 Å². The van der Waals surface area contributed by atoms with E-state index in [1.807, 2.05) is 6.07 Å². The Hall–Kier alpha value is -1.62. The lowest BCUT2D eigenvalue weighted by Gasteiger charge is -2.37. The zero-order valence-electron chi connectivity index (χ0n) is 13.8. The maximum absolute atomic E-state index is 14.6. The van der Waals surface area contributed by atoms with Gasteiger partial charge in [0.25, 0.3) is 0 Å². The van der Waals surface area contributed by atoms with Gasteiger partial charge < -0.3 is 14.5 Å². The fourth-order valence-electron chi connectivity index (χ4n) is 3.66. The van der Waals surface area contributed by atoms with Crippen LogP contribution in [0.2, 0.25) is 0 Å². The van der Waals surface area contributed by atoms with Crippen LogP contribution in [0.5, 0.6) is 0 Å². The smallest absolute Gasteiger partial charge is 0.227 e. The van der Waals surface area contributed by atoms with Gasteiger partial charge in [-0.05, 0) is 50.3 Å². The van der Waals surface area contributed by atoms with Crippen LogP contribution in [0, 0.1) is 5.82 Å². The van der Waals surface area contributed by atoms with Gasteiger partial charge in [0.05, 0.1) is 18.3 Å². The molecule has 1 aromatic rings. The van der Waals surface area contributed by atoms with E-state index in [0.29, 0.717) is 31.3 Å². The fourth-order valence-corrected chi connectivity index (χ4v) is 3.66. The van der Waals surface area contributed by atoms with E-state index in [2.05, 4.69) is 4.90 Å². The van der Waals surface area contributed by atoms with Gasteiger partial charge in [-0.25, -0.2) is 4.39 Å². The van der Waals surface area contributed by atoms with Crippen molar-refractivity contribution >= 4 is 17.3 Å². The summed E-state index contributed by atoms with van der Waals surface area (Å²) in [4.78, 5) is 15.8. The Morgan fingerprint density at radius 1 is 1.22 bits per heavy atom. The molecule has 1 amide bonds. The lowest BCUT2D eigenvalue weighted by Crippen LogP contribution is -2.42. The highest BCUT2D eigenvalue weighted by molar-refractivity contribution is 5.94. The van der Waals surface area contributed by atoms with Gasteiger partial charge in [-0.3, -0.25) is 4.79 Å². The average molecular weight is 320 g/mol. The molecule has 0 saturated carbocycles. The predicted molar refractivity (Wildman–Crippen MR) is 89.5 cm³/mol. The average Bonchev–Trinajstić information content (AvgIpc) is 2.56. The quantitative estimate of drug-likeness (QED) is 0.853. The first kappa shape index (κ1) is 16.2. The molecule has 126 valence electrons. The van der Waals surface area contributed by atoms with E-state index >= 15 is 0 Å². The molecule has 0 radical (unpaired) electrons. The molecule has 1 atom stereocenters. The Labute approximate surface area is 137 Å². The number of hydrogen-bond donors (Lipinski definition) is 0. The molecule has 0 aromatic heterocycles. The first-order chi connectivity index (χ1) is 11.2. The van der Waals surface area contributed by atoms with Crippen molar-refractivity contribution in [3.63, 3.8) is 0 Å². The van der Waals surface area contributed by atoms with Gasteiger partial charge in [0.1, 0.15) is 5.82 Å². The molecule has 2 aliphatic rings. The number of carbonyl (C=O) groups excluding carboxylic acids is 1. The molecule has 2 saturated heterocycles. The van der Waals surface area contributed by atoms with E-state index in [4.69, 9.17) is 4.74 Å². The molecule has 1 aromatic carbocycles. The number of amides is 1. The first-order valence-electron chi connectivity index (χ1n) is 8.56. The highest BCUT2D eigenvalue weighted by Crippen LogP contribution is 2.31. The molecule has 1 unspecified atom stereocenters. The van der Waals surface area contributed by atoms with Crippen molar-refractivity contribution in [2.75, 3.05) is 36.6 Å². The normalized spacial score (nSPS) is 22.5. The van der Waals surface area contributed by atoms with Crippen molar-refractivity contribution in [2.45, 2.75) is 44.6 Å². The van der Waals surface area contributed by atoms with E-state index in [9.17, 15) is 9.18 Å². The summed E-state index contributed by atoms with van der Waals surface area (Å²) in [6.45, 7) is 2.20. The molecular weight excluding hydrogens is 295 g/mol. The predicted octanol–water partition coefficient (Wildman–Crippen LogP) is 3.35. The van der Waals surface area contributed by atoms with Gasteiger partial charge in [-0.1, -0.05) is 0 Å². The van der Waals surface area contributed by atoms with Crippen LogP contribution in [0.1, 0.15) is 38.5 Å². The fraction of sp³-hybridized carbons (Fsp3) is 0.611. The second-order valence-electron chi connectivity index (χ2n) is 6.44. The SMILES string of the molecule is COCC1CCCCN1c1ccc(N2CCCCC2=O)c(F)c1. The van der Waals surface area contributed by atoms with Crippen LogP contribution in [-0.2, 0) is 9.53 Å². The number of halogens is 1. The summed E-state index contributed by atoms with van der Waals surface area (Å²) in [6.07, 6.45) is 5.74. The Kier molecular flexibility index (Phi) is 5.16. The molecule has 2 aliphatic heterocycles. The second-order valence-corrected chi connectivity index (χ2v) is 6.44. The van der Waals surface area contributed by atoms with E-state index in [-0.39, 0.29) is 11.7 Å². The Balaban J connectivity index is 1.82. The number of anilines is 2. The monoisotopic (exact) mass is 320 g/mol. The molecule has 0 aliphatic carbocycles. The van der Waals surface area contributed by atoms with Gasteiger partial charge in [-0.15, -0.1) is 0 Å². The maximum atomic E-state index is 14.6. The van der Waals surface area contributed by atoms with Crippen LogP contribution < -0.4 is 9.80 Å². The lowest BCUT2D eigenvalue weighted by atomic mass is 10.0. The summed E-state index contributed by atoms with van der Waals surface area (Å²) >= 11 is 0. The molecule has 0 spiro atoms. The van der Waals surface area contributed by atoms with Crippen molar-refractivity contribution in [3.05, 3.63) is 24.0 Å². The summed E-state index contributed by atoms with van der Waals surface area (Å²) in [5, 5.41) is 0. The zero-order chi connectivity index (χ0) is 16.2. The van der Waals surface area contributed by atoms with Gasteiger partial charge in [0.2, 0.25) is 5.91 Å². The van der Waals surface area contributed by atoms with Crippen LogP contribution in [0.15, 0.2) is 18.2 Å². The summed E-state index contributed by atoms with van der Waals surface area (Å²) in [5.74, 6) is -0.280. The number of piperidine rings is 2. The Morgan fingerprint density at radius 3 is 2.78 bits per heavy atom. The van der Waals surface area contributed by atoms with E-state index in [1.54, 1.807) is 24.1 Å². The molecule has 2 fully saturated rings. The van der Waals surface area contributed by atoms with Crippen molar-refractivity contribution in [3.8, 4) is 0 Å². The van der Waals surface area contributed by atoms with Crippen LogP contribution in [0.3, 0.4) is 0 Å². The number of benzene rings is 1. The summed E-state index contributed by atoms with van der Waals surface area (Å²) in [7, 11) is 1.71. The third-order valence-corrected chi connectivity index (χ3v) is 4.86. The van der Waals surface area contributed by atoms with Gasteiger partial charge >= 0.3 is 0 Å². The van der Waals surface area contributed by atoms with Gasteiger partial charge in [-0.2, -0.15) is 0 Å². The Morgan fingerprint density at radius 2 is 2.04 bits per heavy atom. The standard InChI is InChI=1S/C18H25FN2O2/c1-23-13-15-6-2-4-10-20(15)14-8-9-17(16(19)12-14)21-11-5-3-7-18(21)22/h8-9,12,15H,2-7,10-11,13H2,1H3. The molecule has 4 nitrogen and oxygen atoms in total. The first-order valence-corrected chi connectivity index (χ1v) is 8.56. The molecule has 23 heavy (non-hydrogen) atoms. The van der Waals surface area contributed by atoms with Crippen LogP contribution in [0.4, 0.5) is 15.8 Å². The highest BCUT2D eigenvalue weighted by atomic mass is 19.1. The minimum atomic E-state index is -0.306. The Bertz CT molecular complexity index is 562. The minimum Gasteiger partial charge on any atom is -0.383 e. The highest BCUT2D eigenvalue weighted by Gasteiger charge is 2.26. The van der Waals surface area contributed by atoms with E-state index in [0.717, 1.165) is 37.9 Å². The topological polar surface area (TPSA) is 32.8 Å². The molecular formula is C18H25FN2O2. The third kappa shape index (κ3) is 3.50. The number of carbonyl (C=O) groups is 1. The number of ether oxygens (including phenoxy) is 1. The molecule has 2 heterocycles. The maximum Gasteiger partial charge on any atom is 0.227 e. The van der Waals surface area contributed by atoms with Crippen LogP contribution >= 0.6 is 0 Å².